The van der Waals surface area contributed by atoms with Crippen LogP contribution < -0.4 is 4.87 Å². The highest BCUT2D eigenvalue weighted by atomic mass is 79.9. The highest BCUT2D eigenvalue weighted by Gasteiger charge is 2.05. The van der Waals surface area contributed by atoms with E-state index in [0.717, 1.165) is 22.4 Å². The third-order valence-electron chi connectivity index (χ3n) is 1.68. The van der Waals surface area contributed by atoms with Crippen molar-refractivity contribution >= 4 is 27.3 Å². The molecule has 0 saturated carbocycles. The first-order valence-electron chi connectivity index (χ1n) is 3.39. The predicted molar refractivity (Wildman–Crippen MR) is 51.8 cm³/mol. The molecule has 0 bridgehead atoms. The molecule has 2 nitrogen and oxygen atoms in total. The van der Waals surface area contributed by atoms with Crippen molar-refractivity contribution < 1.29 is 0 Å². The Labute approximate surface area is 78.0 Å². The fourth-order valence-electron chi connectivity index (χ4n) is 0.930. The largest absolute Gasteiger partial charge is 0.307 e. The second kappa shape index (κ2) is 3.54. The Balaban J connectivity index is 3.12. The molecule has 0 atom stereocenters. The maximum atomic E-state index is 11.2. The Hall–Kier alpha value is -0.0900. The van der Waals surface area contributed by atoms with Gasteiger partial charge in [-0.15, -0.1) is 0 Å². The number of halogens is 1. The van der Waals surface area contributed by atoms with Gasteiger partial charge in [0, 0.05) is 22.4 Å². The first-order valence-corrected chi connectivity index (χ1v) is 5.33. The number of rotatable bonds is 2. The monoisotopic (exact) mass is 235 g/mol. The molecule has 0 aliphatic carbocycles. The van der Waals surface area contributed by atoms with Crippen LogP contribution in [-0.4, -0.2) is 9.90 Å². The molecule has 0 unspecified atom stereocenters. The van der Waals surface area contributed by atoms with Gasteiger partial charge in [-0.3, -0.25) is 4.79 Å². The van der Waals surface area contributed by atoms with Crippen LogP contribution in [0.3, 0.4) is 0 Å². The summed E-state index contributed by atoms with van der Waals surface area (Å²) in [7, 11) is 0. The smallest absolute Gasteiger partial charge is 0.302 e. The highest BCUT2D eigenvalue weighted by molar-refractivity contribution is 9.09. The van der Waals surface area contributed by atoms with Crippen LogP contribution in [-0.2, 0) is 6.54 Å². The van der Waals surface area contributed by atoms with Gasteiger partial charge in [0.05, 0.1) is 0 Å². The van der Waals surface area contributed by atoms with E-state index in [2.05, 4.69) is 15.9 Å². The van der Waals surface area contributed by atoms with Gasteiger partial charge in [0.25, 0.3) is 0 Å². The van der Waals surface area contributed by atoms with E-state index in [4.69, 9.17) is 0 Å². The van der Waals surface area contributed by atoms with Crippen LogP contribution in [0.4, 0.5) is 0 Å². The van der Waals surface area contributed by atoms with Crippen LogP contribution >= 0.6 is 27.3 Å². The highest BCUT2D eigenvalue weighted by Crippen LogP contribution is 2.09. The summed E-state index contributed by atoms with van der Waals surface area (Å²) in [5.41, 5.74) is 1.10. The SMILES string of the molecule is Cc1sc(=O)n(CCBr)c1C. The topological polar surface area (TPSA) is 22.0 Å². The van der Waals surface area contributed by atoms with Gasteiger partial charge in [-0.1, -0.05) is 27.3 Å². The van der Waals surface area contributed by atoms with E-state index < -0.39 is 0 Å². The van der Waals surface area contributed by atoms with E-state index in [0.29, 0.717) is 0 Å². The van der Waals surface area contributed by atoms with Gasteiger partial charge in [-0.2, -0.15) is 0 Å². The van der Waals surface area contributed by atoms with E-state index >= 15 is 0 Å². The van der Waals surface area contributed by atoms with Crippen molar-refractivity contribution in [2.24, 2.45) is 0 Å². The minimum absolute atomic E-state index is 0.152. The second-order valence-corrected chi connectivity index (χ2v) is 4.31. The summed E-state index contributed by atoms with van der Waals surface area (Å²) in [4.78, 5) is 12.5. The minimum atomic E-state index is 0.152. The maximum Gasteiger partial charge on any atom is 0.307 e. The molecule has 0 spiro atoms. The third-order valence-corrected chi connectivity index (χ3v) is 3.03. The first-order chi connectivity index (χ1) is 5.16. The molecular formula is C7H10BrNOS. The van der Waals surface area contributed by atoms with Crippen LogP contribution in [0.25, 0.3) is 0 Å². The lowest BCUT2D eigenvalue weighted by molar-refractivity contribution is 0.731. The summed E-state index contributed by atoms with van der Waals surface area (Å²) in [6.45, 7) is 4.73. The summed E-state index contributed by atoms with van der Waals surface area (Å²) < 4.78 is 1.80. The number of hydrogen-bond acceptors (Lipinski definition) is 2. The van der Waals surface area contributed by atoms with Crippen molar-refractivity contribution in [3.05, 3.63) is 20.2 Å². The molecule has 1 aromatic rings. The standard InChI is InChI=1S/C7H10BrNOS/c1-5-6(2)11-7(10)9(5)4-3-8/h3-4H2,1-2H3. The number of alkyl halides is 1. The molecule has 0 aliphatic heterocycles. The summed E-state index contributed by atoms with van der Waals surface area (Å²) >= 11 is 4.63. The molecule has 0 radical (unpaired) electrons. The Morgan fingerprint density at radius 1 is 1.55 bits per heavy atom. The average Bonchev–Trinajstić information content (AvgIpc) is 2.17. The van der Waals surface area contributed by atoms with Crippen LogP contribution in [0, 0.1) is 13.8 Å². The van der Waals surface area contributed by atoms with Gasteiger partial charge < -0.3 is 4.57 Å². The Morgan fingerprint density at radius 2 is 2.18 bits per heavy atom. The lowest BCUT2D eigenvalue weighted by Crippen LogP contribution is -2.15. The zero-order valence-electron chi connectivity index (χ0n) is 6.56. The van der Waals surface area contributed by atoms with Crippen molar-refractivity contribution in [3.8, 4) is 0 Å². The maximum absolute atomic E-state index is 11.2. The number of nitrogens with zero attached hydrogens (tertiary/aromatic N) is 1. The zero-order chi connectivity index (χ0) is 8.43. The number of aryl methyl sites for hydroxylation is 1. The summed E-state index contributed by atoms with van der Waals surface area (Å²) in [5.74, 6) is 0. The van der Waals surface area contributed by atoms with Gasteiger partial charge in [-0.25, -0.2) is 0 Å². The van der Waals surface area contributed by atoms with Crippen LogP contribution in [0.5, 0.6) is 0 Å². The Bertz CT molecular complexity index is 302. The number of thiazole rings is 1. The fraction of sp³-hybridized carbons (Fsp3) is 0.571. The van der Waals surface area contributed by atoms with Crippen molar-refractivity contribution in [2.75, 3.05) is 5.33 Å². The van der Waals surface area contributed by atoms with Gasteiger partial charge >= 0.3 is 4.87 Å². The van der Waals surface area contributed by atoms with Crippen molar-refractivity contribution in [1.82, 2.24) is 4.57 Å². The number of aromatic nitrogens is 1. The van der Waals surface area contributed by atoms with Gasteiger partial charge in [0.2, 0.25) is 0 Å². The second-order valence-electron chi connectivity index (χ2n) is 2.35. The Morgan fingerprint density at radius 3 is 2.55 bits per heavy atom. The molecule has 0 amide bonds. The van der Waals surface area contributed by atoms with E-state index in [1.807, 2.05) is 13.8 Å². The van der Waals surface area contributed by atoms with E-state index in [1.54, 1.807) is 4.57 Å². The van der Waals surface area contributed by atoms with Crippen LogP contribution in [0.1, 0.15) is 10.6 Å². The molecule has 0 fully saturated rings. The van der Waals surface area contributed by atoms with Gasteiger partial charge in [-0.05, 0) is 13.8 Å². The van der Waals surface area contributed by atoms with Gasteiger partial charge in [0.1, 0.15) is 0 Å². The summed E-state index contributed by atoms with van der Waals surface area (Å²) in [6, 6.07) is 0. The fourth-order valence-corrected chi connectivity index (χ4v) is 2.14. The van der Waals surface area contributed by atoms with Crippen molar-refractivity contribution in [1.29, 1.82) is 0 Å². The minimum Gasteiger partial charge on any atom is -0.302 e. The van der Waals surface area contributed by atoms with Crippen molar-refractivity contribution in [2.45, 2.75) is 20.4 Å². The van der Waals surface area contributed by atoms with Gasteiger partial charge in [0.15, 0.2) is 0 Å². The Kier molecular flexibility index (Phi) is 2.90. The molecule has 1 heterocycles. The quantitative estimate of drug-likeness (QED) is 0.719. The summed E-state index contributed by atoms with van der Waals surface area (Å²) in [5, 5.41) is 0.837. The molecule has 0 aliphatic rings. The lowest BCUT2D eigenvalue weighted by atomic mass is 10.4. The molecule has 0 aromatic carbocycles. The van der Waals surface area contributed by atoms with E-state index in [-0.39, 0.29) is 4.87 Å². The molecular weight excluding hydrogens is 226 g/mol. The van der Waals surface area contributed by atoms with E-state index in [1.165, 1.54) is 11.3 Å². The third kappa shape index (κ3) is 1.73. The molecule has 0 saturated heterocycles. The molecule has 1 rings (SSSR count). The molecule has 62 valence electrons. The van der Waals surface area contributed by atoms with Crippen LogP contribution in [0.15, 0.2) is 4.79 Å². The molecule has 1 aromatic heterocycles. The zero-order valence-corrected chi connectivity index (χ0v) is 8.96. The lowest BCUT2D eigenvalue weighted by Gasteiger charge is -1.99. The summed E-state index contributed by atoms with van der Waals surface area (Å²) in [6.07, 6.45) is 0. The molecule has 4 heteroatoms. The van der Waals surface area contributed by atoms with E-state index in [9.17, 15) is 4.79 Å². The molecule has 11 heavy (non-hydrogen) atoms. The predicted octanol–water partition coefficient (Wildman–Crippen LogP) is 1.92. The first kappa shape index (κ1) is 9.00. The van der Waals surface area contributed by atoms with Crippen LogP contribution in [0.2, 0.25) is 0 Å². The average molecular weight is 236 g/mol. The molecule has 0 N–H and O–H groups in total. The van der Waals surface area contributed by atoms with Crippen molar-refractivity contribution in [3.63, 3.8) is 0 Å². The number of hydrogen-bond donors (Lipinski definition) is 0. The normalized spacial score (nSPS) is 10.5.